The minimum absolute atomic E-state index is 0.0602. The molecule has 1 aromatic carbocycles. The van der Waals surface area contributed by atoms with Crippen LogP contribution in [0.1, 0.15) is 43.6 Å². The maximum Gasteiger partial charge on any atom is 0.255 e. The van der Waals surface area contributed by atoms with Crippen LogP contribution in [-0.4, -0.2) is 35.1 Å². The van der Waals surface area contributed by atoms with Crippen molar-refractivity contribution in [2.75, 3.05) is 13.1 Å². The van der Waals surface area contributed by atoms with Crippen LogP contribution in [-0.2, 0) is 4.74 Å². The molecule has 1 heterocycles. The van der Waals surface area contributed by atoms with Gasteiger partial charge in [-0.05, 0) is 62.2 Å². The van der Waals surface area contributed by atoms with Crippen molar-refractivity contribution in [2.24, 2.45) is 0 Å². The first-order valence-electron chi connectivity index (χ1n) is 6.86. The number of nitrogens with zero attached hydrogens (tertiary/aromatic N) is 1. The van der Waals surface area contributed by atoms with Gasteiger partial charge in [0.15, 0.2) is 0 Å². The van der Waals surface area contributed by atoms with E-state index in [2.05, 4.69) is 15.9 Å². The number of aryl methyl sites for hydroxylation is 1. The molecule has 0 saturated carbocycles. The Labute approximate surface area is 129 Å². The van der Waals surface area contributed by atoms with E-state index in [4.69, 9.17) is 4.74 Å². The van der Waals surface area contributed by atoms with Crippen LogP contribution in [0.5, 0.6) is 0 Å². The van der Waals surface area contributed by atoms with Gasteiger partial charge in [0, 0.05) is 17.6 Å². The van der Waals surface area contributed by atoms with Gasteiger partial charge in [-0.1, -0.05) is 12.1 Å². The summed E-state index contributed by atoms with van der Waals surface area (Å²) in [6, 6.07) is 5.78. The van der Waals surface area contributed by atoms with Gasteiger partial charge >= 0.3 is 0 Å². The predicted molar refractivity (Wildman–Crippen MR) is 84.0 cm³/mol. The van der Waals surface area contributed by atoms with Crippen LogP contribution in [0.15, 0.2) is 22.7 Å². The summed E-state index contributed by atoms with van der Waals surface area (Å²) in [4.78, 5) is 14.7. The highest BCUT2D eigenvalue weighted by Crippen LogP contribution is 2.30. The molecule has 0 bridgehead atoms. The third-order valence-corrected chi connectivity index (χ3v) is 4.46. The van der Waals surface area contributed by atoms with Gasteiger partial charge in [0.25, 0.3) is 5.91 Å². The van der Waals surface area contributed by atoms with Crippen LogP contribution >= 0.6 is 15.9 Å². The van der Waals surface area contributed by atoms with E-state index in [1.54, 1.807) is 0 Å². The Bertz CT molecular complexity index is 521. The number of hydrogen-bond donors (Lipinski definition) is 0. The van der Waals surface area contributed by atoms with Crippen molar-refractivity contribution in [3.05, 3.63) is 33.8 Å². The zero-order valence-corrected chi connectivity index (χ0v) is 14.4. The lowest BCUT2D eigenvalue weighted by molar-refractivity contribution is -0.171. The first-order chi connectivity index (χ1) is 9.11. The van der Waals surface area contributed by atoms with Crippen LogP contribution in [0.2, 0.25) is 0 Å². The molecule has 1 aliphatic rings. The molecule has 1 amide bonds. The summed E-state index contributed by atoms with van der Waals surface area (Å²) in [7, 11) is 0. The molecule has 1 saturated heterocycles. The average Bonchev–Trinajstić information content (AvgIpc) is 2.28. The largest absolute Gasteiger partial charge is 0.366 e. The Balaban J connectivity index is 2.31. The second-order valence-electron chi connectivity index (χ2n) is 6.72. The first-order valence-corrected chi connectivity index (χ1v) is 7.65. The number of benzene rings is 1. The minimum Gasteiger partial charge on any atom is -0.366 e. The Morgan fingerprint density at radius 2 is 1.75 bits per heavy atom. The van der Waals surface area contributed by atoms with Crippen LogP contribution in [0.4, 0.5) is 0 Å². The first kappa shape index (κ1) is 15.5. The Morgan fingerprint density at radius 1 is 1.20 bits per heavy atom. The molecule has 3 nitrogen and oxygen atoms in total. The summed E-state index contributed by atoms with van der Waals surface area (Å²) in [5.74, 6) is 0.0602. The fraction of sp³-hybridized carbons (Fsp3) is 0.562. The van der Waals surface area contributed by atoms with Gasteiger partial charge in [-0.3, -0.25) is 4.79 Å². The van der Waals surface area contributed by atoms with E-state index >= 15 is 0 Å². The molecule has 0 unspecified atom stereocenters. The zero-order valence-electron chi connectivity index (χ0n) is 12.8. The Hall–Kier alpha value is -0.870. The molecule has 0 atom stereocenters. The van der Waals surface area contributed by atoms with Crippen molar-refractivity contribution < 1.29 is 9.53 Å². The average molecular weight is 340 g/mol. The normalized spacial score (nSPS) is 20.8. The van der Waals surface area contributed by atoms with E-state index in [-0.39, 0.29) is 17.1 Å². The zero-order chi connectivity index (χ0) is 15.1. The highest BCUT2D eigenvalue weighted by atomic mass is 79.9. The van der Waals surface area contributed by atoms with E-state index in [0.717, 1.165) is 15.6 Å². The van der Waals surface area contributed by atoms with Crippen LogP contribution < -0.4 is 0 Å². The fourth-order valence-electron chi connectivity index (χ4n) is 2.91. The van der Waals surface area contributed by atoms with Crippen LogP contribution in [0.25, 0.3) is 0 Å². The van der Waals surface area contributed by atoms with Crippen molar-refractivity contribution in [3.63, 3.8) is 0 Å². The van der Waals surface area contributed by atoms with Gasteiger partial charge in [-0.2, -0.15) is 0 Å². The second-order valence-corrected chi connectivity index (χ2v) is 7.51. The summed E-state index contributed by atoms with van der Waals surface area (Å²) in [5.41, 5.74) is 1.14. The topological polar surface area (TPSA) is 29.5 Å². The number of rotatable bonds is 1. The molecule has 1 aliphatic heterocycles. The Morgan fingerprint density at radius 3 is 2.30 bits per heavy atom. The maximum absolute atomic E-state index is 12.8. The number of carbonyl (C=O) groups excluding carboxylic acids is 1. The van der Waals surface area contributed by atoms with Crippen molar-refractivity contribution in [1.29, 1.82) is 0 Å². The lowest BCUT2D eigenvalue weighted by Gasteiger charge is -2.47. The third-order valence-electron chi connectivity index (χ3n) is 3.41. The number of halogens is 1. The van der Waals surface area contributed by atoms with Crippen LogP contribution in [0, 0.1) is 6.92 Å². The minimum atomic E-state index is -0.326. The number of morpholine rings is 1. The predicted octanol–water partition coefficient (Wildman–Crippen LogP) is 3.79. The van der Waals surface area contributed by atoms with Crippen LogP contribution in [0.3, 0.4) is 0 Å². The van der Waals surface area contributed by atoms with E-state index < -0.39 is 0 Å². The maximum atomic E-state index is 12.8. The smallest absolute Gasteiger partial charge is 0.255 e. The van der Waals surface area contributed by atoms with Gasteiger partial charge in [0.1, 0.15) is 0 Å². The molecule has 0 radical (unpaired) electrons. The molecular formula is C16H22BrNO2. The highest BCUT2D eigenvalue weighted by molar-refractivity contribution is 9.10. The molecular weight excluding hydrogens is 318 g/mol. The summed E-state index contributed by atoms with van der Waals surface area (Å²) in [6.45, 7) is 11.3. The van der Waals surface area contributed by atoms with E-state index in [1.165, 1.54) is 0 Å². The lowest BCUT2D eigenvalue weighted by Crippen LogP contribution is -2.58. The molecule has 1 aromatic rings. The summed E-state index contributed by atoms with van der Waals surface area (Å²) < 4.78 is 6.91. The van der Waals surface area contributed by atoms with Crippen molar-refractivity contribution in [3.8, 4) is 0 Å². The van der Waals surface area contributed by atoms with Crippen molar-refractivity contribution in [2.45, 2.75) is 45.8 Å². The van der Waals surface area contributed by atoms with E-state index in [1.807, 2.05) is 57.7 Å². The number of amides is 1. The van der Waals surface area contributed by atoms with Gasteiger partial charge in [0.2, 0.25) is 0 Å². The summed E-state index contributed by atoms with van der Waals surface area (Å²) in [5, 5.41) is 0. The molecule has 0 N–H and O–H groups in total. The van der Waals surface area contributed by atoms with Crippen molar-refractivity contribution >= 4 is 21.8 Å². The summed E-state index contributed by atoms with van der Waals surface area (Å²) in [6.07, 6.45) is 0. The SMILES string of the molecule is Cc1cccc(C(=O)N2CC(C)(C)OC(C)(C)C2)c1Br. The van der Waals surface area contributed by atoms with Gasteiger partial charge < -0.3 is 9.64 Å². The van der Waals surface area contributed by atoms with Gasteiger partial charge in [-0.25, -0.2) is 0 Å². The molecule has 1 fully saturated rings. The lowest BCUT2D eigenvalue weighted by atomic mass is 9.98. The standard InChI is InChI=1S/C16H22BrNO2/c1-11-7-6-8-12(13(11)17)14(19)18-9-15(2,3)20-16(4,5)10-18/h6-8H,9-10H2,1-5H3. The highest BCUT2D eigenvalue weighted by Gasteiger charge is 2.40. The molecule has 4 heteroatoms. The van der Waals surface area contributed by atoms with Crippen molar-refractivity contribution in [1.82, 2.24) is 4.90 Å². The molecule has 20 heavy (non-hydrogen) atoms. The quantitative estimate of drug-likeness (QED) is 0.779. The number of ether oxygens (including phenoxy) is 1. The second kappa shape index (κ2) is 5.15. The molecule has 0 aromatic heterocycles. The van der Waals surface area contributed by atoms with Gasteiger partial charge in [-0.15, -0.1) is 0 Å². The van der Waals surface area contributed by atoms with E-state index in [9.17, 15) is 4.79 Å². The van der Waals surface area contributed by atoms with Gasteiger partial charge in [0.05, 0.1) is 16.8 Å². The Kier molecular flexibility index (Phi) is 4.00. The summed E-state index contributed by atoms with van der Waals surface area (Å²) >= 11 is 3.53. The monoisotopic (exact) mass is 339 g/mol. The van der Waals surface area contributed by atoms with E-state index in [0.29, 0.717) is 13.1 Å². The number of carbonyl (C=O) groups is 1. The third kappa shape index (κ3) is 3.23. The fourth-order valence-corrected chi connectivity index (χ4v) is 3.35. The molecule has 2 rings (SSSR count). The molecule has 0 spiro atoms. The number of hydrogen-bond acceptors (Lipinski definition) is 2. The molecule has 110 valence electrons. The molecule has 0 aliphatic carbocycles.